The predicted molar refractivity (Wildman–Crippen MR) is 570 cm³/mol. The molecule has 10 aromatic heterocycles. The van der Waals surface area contributed by atoms with Crippen LogP contribution >= 0.6 is 0 Å². The molecular weight excluding hydrogens is 1980 g/mol. The lowest BCUT2D eigenvalue weighted by atomic mass is 10.2. The van der Waals surface area contributed by atoms with Crippen molar-refractivity contribution in [3.05, 3.63) is 145 Å². The zero-order chi connectivity index (χ0) is 103. The normalized spacial score (nSPS) is 21.7. The minimum atomic E-state index is -2.47. The number of aromatic nitrogens is 17. The summed E-state index contributed by atoms with van der Waals surface area (Å²) in [6, 6.07) is 36.8. The Hall–Kier alpha value is -11.9. The van der Waals surface area contributed by atoms with E-state index in [4.69, 9.17) is 72.3 Å². The molecule has 0 amide bonds. The Labute approximate surface area is 858 Å². The van der Waals surface area contributed by atoms with Crippen LogP contribution in [0, 0.1) is 20.8 Å². The van der Waals surface area contributed by atoms with Crippen LogP contribution in [0.25, 0.3) is 68.1 Å². The first-order valence-electron chi connectivity index (χ1n) is 49.4. The first kappa shape index (κ1) is 105. The largest absolute Gasteiger partial charge is 0.481 e. The van der Waals surface area contributed by atoms with Gasteiger partial charge in [0.15, 0.2) is 46.6 Å². The van der Waals surface area contributed by atoms with Gasteiger partial charge in [-0.1, -0.05) is 24.3 Å². The van der Waals surface area contributed by atoms with Gasteiger partial charge in [-0.3, -0.25) is 9.13 Å². The molecule has 2 aromatic carbocycles. The summed E-state index contributed by atoms with van der Waals surface area (Å²) in [6.45, 7) is 28.1. The van der Waals surface area contributed by atoms with E-state index in [1.807, 2.05) is 145 Å². The lowest BCUT2D eigenvalue weighted by Gasteiger charge is -2.34. The molecule has 47 heteroatoms. The number of methoxy groups -OCH3 is 3. The zero-order valence-electron chi connectivity index (χ0n) is 85.8. The molecule has 10 aliphatic rings. The van der Waals surface area contributed by atoms with E-state index in [2.05, 4.69) is 131 Å². The molecule has 3 aliphatic carbocycles. The molecular formula is C100H129N27O15S5. The fourth-order valence-electron chi connectivity index (χ4n) is 17.6. The quantitative estimate of drug-likeness (QED) is 0.0574. The highest BCUT2D eigenvalue weighted by Crippen LogP contribution is 2.40. The van der Waals surface area contributed by atoms with E-state index >= 15 is 0 Å². The molecule has 1 unspecified atom stereocenters. The second kappa shape index (κ2) is 45.3. The van der Waals surface area contributed by atoms with Crippen molar-refractivity contribution < 1.29 is 68.4 Å². The molecule has 784 valence electrons. The molecule has 0 bridgehead atoms. The van der Waals surface area contributed by atoms with Gasteiger partial charge in [0.1, 0.15) is 41.7 Å². The standard InChI is InChI=1S/2C20H24N6O3S.3C20H27N5O3S/c2*1-14-10-28-8-7-25(14)19-9-18(24-30(2,27)15-11-29-12-15)22-20(23-19)26-13-21-16-5-3-4-6-17(16)26;3*1-13-9-15(10-19(21-13)27-3)20-22-17(24-29(4,26)16-5-6-16)11-18(23-20)25-7-8-28-12-14(25)2/h2*3-6,9,13-15H,7-8,10-12H2,1-2H3;3*9-11,14,16H,5-8,12H2,1-4H3/t2*14-,30+;14-,29?;14-,29+;14-,29-/m11111/s1. The molecule has 12 aromatic rings. The van der Waals surface area contributed by atoms with Crippen molar-refractivity contribution in [2.45, 2.75) is 150 Å². The molecule has 3 saturated carbocycles. The average Bonchev–Trinajstić information content (AvgIpc) is 1.15. The van der Waals surface area contributed by atoms with Gasteiger partial charge in [0, 0.05) is 162 Å². The van der Waals surface area contributed by atoms with E-state index in [0.29, 0.717) is 169 Å². The van der Waals surface area contributed by atoms with Crippen LogP contribution in [-0.4, -0.2) is 339 Å². The lowest BCUT2D eigenvalue weighted by Crippen LogP contribution is -2.44. The van der Waals surface area contributed by atoms with Crippen LogP contribution in [0.2, 0.25) is 0 Å². The van der Waals surface area contributed by atoms with Crippen LogP contribution in [0.5, 0.6) is 17.6 Å². The summed E-state index contributed by atoms with van der Waals surface area (Å²) < 4.78 is 146. The van der Waals surface area contributed by atoms with Crippen LogP contribution in [0.1, 0.15) is 90.2 Å². The van der Waals surface area contributed by atoms with E-state index < -0.39 is 48.6 Å². The topological polar surface area (TPSA) is 459 Å². The van der Waals surface area contributed by atoms with E-state index in [0.717, 1.165) is 156 Å². The van der Waals surface area contributed by atoms with Gasteiger partial charge in [-0.05, 0) is 136 Å². The summed E-state index contributed by atoms with van der Waals surface area (Å²) in [7, 11) is -7.15. The number of nitrogens with zero attached hydrogens (tertiary/aromatic N) is 27. The van der Waals surface area contributed by atoms with Gasteiger partial charge in [0.2, 0.25) is 29.5 Å². The van der Waals surface area contributed by atoms with Gasteiger partial charge in [-0.2, -0.15) is 41.7 Å². The molecule has 22 rings (SSSR count). The summed E-state index contributed by atoms with van der Waals surface area (Å²) in [5.74, 6) is 9.97. The Bertz CT molecular complexity index is 6930. The monoisotopic (exact) mass is 2110 g/mol. The maximum atomic E-state index is 13.1. The number of para-hydroxylation sites is 4. The first-order chi connectivity index (χ1) is 70.6. The Balaban J connectivity index is 0.000000120. The van der Waals surface area contributed by atoms with Crippen molar-refractivity contribution >= 4 is 129 Å². The number of morpholine rings is 5. The second-order valence-electron chi connectivity index (χ2n) is 38.6. The highest BCUT2D eigenvalue weighted by molar-refractivity contribution is 7.95. The lowest BCUT2D eigenvalue weighted by molar-refractivity contribution is 0.0430. The van der Waals surface area contributed by atoms with Crippen molar-refractivity contribution in [3.8, 4) is 63.7 Å². The third-order valence-electron chi connectivity index (χ3n) is 26.6. The molecule has 17 heterocycles. The van der Waals surface area contributed by atoms with Crippen LogP contribution in [0.4, 0.5) is 58.2 Å². The summed E-state index contributed by atoms with van der Waals surface area (Å²) in [6.07, 6.45) is 17.7. The molecule has 42 nitrogen and oxygen atoms in total. The number of ether oxygens (including phenoxy) is 10. The Morgan fingerprint density at radius 2 is 0.551 bits per heavy atom. The molecule has 0 N–H and O–H groups in total. The molecule has 10 fully saturated rings. The number of hydrogen-bond acceptors (Lipinski definition) is 40. The van der Waals surface area contributed by atoms with Crippen LogP contribution in [0.15, 0.2) is 150 Å². The molecule has 7 saturated heterocycles. The van der Waals surface area contributed by atoms with Crippen molar-refractivity contribution in [2.75, 3.05) is 202 Å². The highest BCUT2D eigenvalue weighted by Gasteiger charge is 2.37. The summed E-state index contributed by atoms with van der Waals surface area (Å²) in [5.41, 5.74) is 8.33. The van der Waals surface area contributed by atoms with Crippen molar-refractivity contribution in [1.29, 1.82) is 0 Å². The van der Waals surface area contributed by atoms with Crippen LogP contribution < -0.4 is 38.7 Å². The second-order valence-corrected chi connectivity index (χ2v) is 51.4. The number of hydrogen-bond donors (Lipinski definition) is 0. The number of rotatable bonds is 23. The van der Waals surface area contributed by atoms with E-state index in [9.17, 15) is 21.0 Å². The number of pyridine rings is 3. The minimum Gasteiger partial charge on any atom is -0.481 e. The molecule has 7 aliphatic heterocycles. The van der Waals surface area contributed by atoms with Gasteiger partial charge < -0.3 is 71.9 Å². The minimum absolute atomic E-state index is 0.0734. The van der Waals surface area contributed by atoms with Crippen LogP contribution in [0.3, 0.4) is 0 Å². The average molecular weight is 2110 g/mol. The number of aryl methyl sites for hydroxylation is 3. The summed E-state index contributed by atoms with van der Waals surface area (Å²) in [4.78, 5) is 80.1. The molecule has 0 spiro atoms. The Morgan fingerprint density at radius 3 is 0.796 bits per heavy atom. The number of imidazole rings is 2. The smallest absolute Gasteiger partial charge is 0.239 e. The molecule has 147 heavy (non-hydrogen) atoms. The number of anilines is 5. The van der Waals surface area contributed by atoms with Crippen molar-refractivity contribution in [3.63, 3.8) is 0 Å². The van der Waals surface area contributed by atoms with E-state index in [1.54, 1.807) is 65.3 Å². The van der Waals surface area contributed by atoms with Gasteiger partial charge in [0.05, 0.1) is 225 Å². The molecule has 0 radical (unpaired) electrons. The van der Waals surface area contributed by atoms with E-state index in [1.165, 1.54) is 0 Å². The first-order valence-corrected chi connectivity index (χ1v) is 59.3. The third-order valence-corrected chi connectivity index (χ3v) is 37.5. The van der Waals surface area contributed by atoms with Gasteiger partial charge in [0.25, 0.3) is 0 Å². The maximum absolute atomic E-state index is 13.1. The maximum Gasteiger partial charge on any atom is 0.239 e. The summed E-state index contributed by atoms with van der Waals surface area (Å²) >= 11 is 0. The fourth-order valence-corrected chi connectivity index (χ4v) is 25.1. The van der Waals surface area contributed by atoms with E-state index in [-0.39, 0.29) is 56.5 Å². The van der Waals surface area contributed by atoms with Crippen LogP contribution in [-0.2, 0) is 81.8 Å². The van der Waals surface area contributed by atoms with Gasteiger partial charge in [-0.15, -0.1) is 0 Å². The van der Waals surface area contributed by atoms with Gasteiger partial charge in [-0.25, -0.2) is 75.9 Å². The third kappa shape index (κ3) is 25.8. The highest BCUT2D eigenvalue weighted by atomic mass is 32.2. The SMILES string of the molecule is COc1cc(-c2nc(N=S(C)(=O)C3CC3)cc(N3CCOC[C@H]3C)n2)cc(C)n1.COc1cc(-c2nc(N=[S@@](C)(=O)C3CC3)cc(N3CCOC[C@H]3C)n2)cc(C)n1.COc1cc(-c2nc(N=[S@](C)(=O)C3CC3)cc(N3CCOC[C@H]3C)n2)cc(C)n1.C[C@@H]1COCCN1c1cc(N=[S@@](C)(=O)C2COC2)nc(-n2cnc3ccccc32)n1.C[C@@H]1COCCN1c1cc(N=[S@@](C)(=O)C2COC2)nc(-n2cnc3ccccc32)n1. The Morgan fingerprint density at radius 1 is 0.299 bits per heavy atom. The fraction of sp³-hybridized carbons (Fsp3) is 0.510. The number of fused-ring (bicyclic) bond motifs is 2. The zero-order valence-corrected chi connectivity index (χ0v) is 89.9. The van der Waals surface area contributed by atoms with Crippen molar-refractivity contribution in [2.24, 2.45) is 21.8 Å². The molecule has 10 atom stereocenters. The Kier molecular flexibility index (Phi) is 32.3. The number of benzene rings is 2. The van der Waals surface area contributed by atoms with Gasteiger partial charge >= 0.3 is 0 Å². The predicted octanol–water partition coefficient (Wildman–Crippen LogP) is 13.3. The van der Waals surface area contributed by atoms with Crippen molar-refractivity contribution in [1.82, 2.24) is 83.9 Å². The summed E-state index contributed by atoms with van der Waals surface area (Å²) in [5, 5.41) is 0.339.